The summed E-state index contributed by atoms with van der Waals surface area (Å²) in [7, 11) is 1.70. The van der Waals surface area contributed by atoms with Crippen molar-refractivity contribution in [3.05, 3.63) is 35.4 Å². The highest BCUT2D eigenvalue weighted by atomic mass is 127. The molecule has 0 aromatic heterocycles. The van der Waals surface area contributed by atoms with Crippen molar-refractivity contribution in [2.45, 2.75) is 52.4 Å². The zero-order chi connectivity index (χ0) is 23.1. The van der Waals surface area contributed by atoms with E-state index in [1.165, 1.54) is 12.1 Å². The molecule has 10 heteroatoms. The molecule has 0 spiro atoms. The van der Waals surface area contributed by atoms with E-state index in [2.05, 4.69) is 25.8 Å². The van der Waals surface area contributed by atoms with E-state index >= 15 is 0 Å². The zero-order valence-electron chi connectivity index (χ0n) is 19.2. The van der Waals surface area contributed by atoms with E-state index in [0.29, 0.717) is 31.2 Å². The average Bonchev–Trinajstić information content (AvgIpc) is 2.70. The van der Waals surface area contributed by atoms with Gasteiger partial charge < -0.3 is 16.0 Å². The van der Waals surface area contributed by atoms with Gasteiger partial charge in [0.1, 0.15) is 0 Å². The van der Waals surface area contributed by atoms with Gasteiger partial charge in [-0.15, -0.1) is 24.0 Å². The highest BCUT2D eigenvalue weighted by Crippen LogP contribution is 2.30. The van der Waals surface area contributed by atoms with E-state index in [-0.39, 0.29) is 35.9 Å². The lowest BCUT2D eigenvalue weighted by Crippen LogP contribution is -2.49. The van der Waals surface area contributed by atoms with Gasteiger partial charge in [0, 0.05) is 51.2 Å². The first-order valence-corrected chi connectivity index (χ1v) is 10.6. The fourth-order valence-corrected chi connectivity index (χ4v) is 3.35. The summed E-state index contributed by atoms with van der Waals surface area (Å²) in [6.07, 6.45) is -2.56. The Morgan fingerprint density at radius 1 is 1.12 bits per heavy atom. The molecule has 32 heavy (non-hydrogen) atoms. The van der Waals surface area contributed by atoms with Crippen molar-refractivity contribution in [2.24, 2.45) is 10.4 Å². The molecule has 1 aliphatic heterocycles. The van der Waals surface area contributed by atoms with Crippen molar-refractivity contribution in [1.29, 1.82) is 0 Å². The minimum Gasteiger partial charge on any atom is -0.355 e. The third-order valence-electron chi connectivity index (χ3n) is 5.20. The second kappa shape index (κ2) is 12.6. The number of piperidine rings is 1. The van der Waals surface area contributed by atoms with Crippen LogP contribution in [0.5, 0.6) is 0 Å². The van der Waals surface area contributed by atoms with Crippen LogP contribution in [0.2, 0.25) is 0 Å². The van der Waals surface area contributed by atoms with Crippen molar-refractivity contribution in [1.82, 2.24) is 20.9 Å². The molecule has 0 unspecified atom stereocenters. The molecule has 182 valence electrons. The lowest BCUT2D eigenvalue weighted by Gasteiger charge is -2.33. The van der Waals surface area contributed by atoms with Gasteiger partial charge in [0.05, 0.1) is 5.56 Å². The Labute approximate surface area is 205 Å². The van der Waals surface area contributed by atoms with Crippen LogP contribution in [0.4, 0.5) is 13.2 Å². The number of alkyl halides is 3. The van der Waals surface area contributed by atoms with Crippen LogP contribution in [0.3, 0.4) is 0 Å². The summed E-state index contributed by atoms with van der Waals surface area (Å²) in [5, 5.41) is 9.47. The summed E-state index contributed by atoms with van der Waals surface area (Å²) in [6, 6.07) is 5.78. The summed E-state index contributed by atoms with van der Waals surface area (Å²) in [6.45, 7) is 8.79. The van der Waals surface area contributed by atoms with Gasteiger partial charge in [-0.2, -0.15) is 13.2 Å². The van der Waals surface area contributed by atoms with Crippen LogP contribution < -0.4 is 16.0 Å². The number of amides is 1. The second-order valence-corrected chi connectivity index (χ2v) is 8.90. The van der Waals surface area contributed by atoms with Crippen LogP contribution in [0.25, 0.3) is 0 Å². The standard InChI is InChI=1S/C22H34F3N5O.HI/c1-21(2,3)19(31)27-10-11-28-20(26-4)29-18-8-12-30(13-9-18)15-16-6-5-7-17(14-16)22(23,24)25;/h5-7,14,18H,8-13,15H2,1-4H3,(H,27,31)(H2,26,28,29);1H. The Morgan fingerprint density at radius 2 is 1.75 bits per heavy atom. The molecule has 1 heterocycles. The van der Waals surface area contributed by atoms with Crippen LogP contribution in [-0.2, 0) is 17.5 Å². The quantitative estimate of drug-likeness (QED) is 0.212. The monoisotopic (exact) mass is 569 g/mol. The summed E-state index contributed by atoms with van der Waals surface area (Å²) in [5.74, 6) is 0.687. The number of carbonyl (C=O) groups is 1. The number of carbonyl (C=O) groups excluding carboxylic acids is 1. The van der Waals surface area contributed by atoms with E-state index in [1.807, 2.05) is 20.8 Å². The number of halogens is 4. The summed E-state index contributed by atoms with van der Waals surface area (Å²) < 4.78 is 38.7. The maximum Gasteiger partial charge on any atom is 0.416 e. The third kappa shape index (κ3) is 9.51. The number of benzene rings is 1. The molecule has 0 atom stereocenters. The largest absolute Gasteiger partial charge is 0.416 e. The first kappa shape index (κ1) is 28.5. The first-order valence-electron chi connectivity index (χ1n) is 10.6. The lowest BCUT2D eigenvalue weighted by molar-refractivity contribution is -0.137. The molecular weight excluding hydrogens is 534 g/mol. The zero-order valence-corrected chi connectivity index (χ0v) is 21.5. The molecule has 0 bridgehead atoms. The molecule has 0 saturated carbocycles. The van der Waals surface area contributed by atoms with Crippen molar-refractivity contribution in [3.8, 4) is 0 Å². The highest BCUT2D eigenvalue weighted by molar-refractivity contribution is 14.0. The first-order chi connectivity index (χ1) is 14.5. The van der Waals surface area contributed by atoms with Crippen LogP contribution >= 0.6 is 24.0 Å². The number of nitrogens with zero attached hydrogens (tertiary/aromatic N) is 2. The Balaban J connectivity index is 0.00000512. The van der Waals surface area contributed by atoms with Gasteiger partial charge >= 0.3 is 6.18 Å². The summed E-state index contributed by atoms with van der Waals surface area (Å²) in [4.78, 5) is 18.3. The van der Waals surface area contributed by atoms with Crippen molar-refractivity contribution in [2.75, 3.05) is 33.2 Å². The van der Waals surface area contributed by atoms with E-state index in [1.54, 1.807) is 13.1 Å². The van der Waals surface area contributed by atoms with E-state index in [0.717, 1.165) is 32.0 Å². The van der Waals surface area contributed by atoms with Gasteiger partial charge in [-0.1, -0.05) is 39.0 Å². The number of guanidine groups is 1. The molecule has 1 aromatic carbocycles. The molecule has 3 N–H and O–H groups in total. The Bertz CT molecular complexity index is 757. The topological polar surface area (TPSA) is 68.8 Å². The van der Waals surface area contributed by atoms with Gasteiger partial charge in [0.15, 0.2) is 5.96 Å². The molecule has 0 radical (unpaired) electrons. The predicted molar refractivity (Wildman–Crippen MR) is 132 cm³/mol. The predicted octanol–water partition coefficient (Wildman–Crippen LogP) is 3.62. The number of nitrogens with one attached hydrogen (secondary N) is 3. The van der Waals surface area contributed by atoms with Gasteiger partial charge in [-0.05, 0) is 24.5 Å². The molecule has 1 fully saturated rings. The van der Waals surface area contributed by atoms with Crippen molar-refractivity contribution < 1.29 is 18.0 Å². The second-order valence-electron chi connectivity index (χ2n) is 8.90. The normalized spacial score (nSPS) is 16.3. The summed E-state index contributed by atoms with van der Waals surface area (Å²) >= 11 is 0. The fourth-order valence-electron chi connectivity index (χ4n) is 3.35. The van der Waals surface area contributed by atoms with Gasteiger partial charge in [0.2, 0.25) is 5.91 Å². The molecule has 1 aliphatic rings. The van der Waals surface area contributed by atoms with Crippen molar-refractivity contribution in [3.63, 3.8) is 0 Å². The molecule has 1 amide bonds. The minimum absolute atomic E-state index is 0. The number of hydrogen-bond donors (Lipinski definition) is 3. The SMILES string of the molecule is CN=C(NCCNC(=O)C(C)(C)C)NC1CCN(Cc2cccc(C(F)(F)F)c2)CC1.I. The maximum absolute atomic E-state index is 12.9. The molecule has 2 rings (SSSR count). The minimum atomic E-state index is -4.31. The Morgan fingerprint density at radius 3 is 2.31 bits per heavy atom. The summed E-state index contributed by atoms with van der Waals surface area (Å²) in [5.41, 5.74) is -0.340. The number of likely N-dealkylation sites (tertiary alicyclic amines) is 1. The number of rotatable bonds is 6. The van der Waals surface area contributed by atoms with Crippen LogP contribution in [0, 0.1) is 5.41 Å². The van der Waals surface area contributed by atoms with Crippen LogP contribution in [0.15, 0.2) is 29.3 Å². The molecule has 1 aromatic rings. The van der Waals surface area contributed by atoms with Crippen LogP contribution in [0.1, 0.15) is 44.7 Å². The number of aliphatic imine (C=N–C) groups is 1. The van der Waals surface area contributed by atoms with Crippen LogP contribution in [-0.4, -0.2) is 56.0 Å². The molecule has 6 nitrogen and oxygen atoms in total. The molecule has 1 saturated heterocycles. The van der Waals surface area contributed by atoms with Crippen molar-refractivity contribution >= 4 is 35.8 Å². The van der Waals surface area contributed by atoms with E-state index in [4.69, 9.17) is 0 Å². The fraction of sp³-hybridized carbons (Fsp3) is 0.636. The maximum atomic E-state index is 12.9. The third-order valence-corrected chi connectivity index (χ3v) is 5.20. The average molecular weight is 569 g/mol. The lowest BCUT2D eigenvalue weighted by atomic mass is 9.96. The molecule has 0 aliphatic carbocycles. The smallest absolute Gasteiger partial charge is 0.355 e. The highest BCUT2D eigenvalue weighted by Gasteiger charge is 2.30. The Hall–Kier alpha value is -1.56. The van der Waals surface area contributed by atoms with Gasteiger partial charge in [-0.25, -0.2) is 0 Å². The Kier molecular flexibility index (Phi) is 11.2. The number of hydrogen-bond acceptors (Lipinski definition) is 3. The van der Waals surface area contributed by atoms with Gasteiger partial charge in [-0.3, -0.25) is 14.7 Å². The van der Waals surface area contributed by atoms with E-state index in [9.17, 15) is 18.0 Å². The van der Waals surface area contributed by atoms with Gasteiger partial charge in [0.25, 0.3) is 0 Å². The molecular formula is C22H35F3IN5O. The van der Waals surface area contributed by atoms with E-state index < -0.39 is 17.2 Å².